The summed E-state index contributed by atoms with van der Waals surface area (Å²) in [5.74, 6) is 2.22. The zero-order chi connectivity index (χ0) is 18.1. The van der Waals surface area contributed by atoms with E-state index in [1.54, 1.807) is 13.1 Å². The van der Waals surface area contributed by atoms with E-state index in [-0.39, 0.29) is 6.04 Å². The van der Waals surface area contributed by atoms with Gasteiger partial charge >= 0.3 is 0 Å². The van der Waals surface area contributed by atoms with Crippen molar-refractivity contribution in [1.29, 1.82) is 0 Å². The third-order valence-corrected chi connectivity index (χ3v) is 4.71. The number of fused-ring (bicyclic) bond motifs is 1. The Morgan fingerprint density at radius 1 is 1.04 bits per heavy atom. The predicted octanol–water partition coefficient (Wildman–Crippen LogP) is 2.19. The summed E-state index contributed by atoms with van der Waals surface area (Å²) < 4.78 is 0. The van der Waals surface area contributed by atoms with Gasteiger partial charge in [0.25, 0.3) is 0 Å². The molecule has 0 radical (unpaired) electrons. The highest BCUT2D eigenvalue weighted by Gasteiger charge is 2.26. The Hall–Kier alpha value is -2.80. The van der Waals surface area contributed by atoms with Crippen LogP contribution in [0, 0.1) is 0 Å². The second-order valence-electron chi connectivity index (χ2n) is 6.65. The number of hydrogen-bond acceptors (Lipinski definition) is 7. The van der Waals surface area contributed by atoms with E-state index in [0.717, 1.165) is 42.3 Å². The molecule has 4 rings (SSSR count). The summed E-state index contributed by atoms with van der Waals surface area (Å²) in [6, 6.07) is 10.1. The first-order valence-electron chi connectivity index (χ1n) is 8.86. The Balaban J connectivity index is 1.53. The molecule has 1 saturated heterocycles. The first-order chi connectivity index (χ1) is 12.6. The van der Waals surface area contributed by atoms with E-state index in [1.165, 1.54) is 0 Å². The van der Waals surface area contributed by atoms with Crippen molar-refractivity contribution in [2.45, 2.75) is 26.0 Å². The van der Waals surface area contributed by atoms with Crippen molar-refractivity contribution in [3.8, 4) is 0 Å². The number of nitrogens with zero attached hydrogens (tertiary/aromatic N) is 6. The predicted molar refractivity (Wildman–Crippen MR) is 101 cm³/mol. The van der Waals surface area contributed by atoms with Gasteiger partial charge in [-0.25, -0.2) is 15.0 Å². The smallest absolute Gasteiger partial charge is 0.158 e. The fraction of sp³-hybridized carbons (Fsp3) is 0.368. The average molecular weight is 350 g/mol. The summed E-state index contributed by atoms with van der Waals surface area (Å²) in [4.78, 5) is 22.4. The second-order valence-corrected chi connectivity index (χ2v) is 6.65. The largest absolute Gasteiger partial charge is 0.385 e. The number of anilines is 2. The van der Waals surface area contributed by atoms with Crippen molar-refractivity contribution in [3.63, 3.8) is 0 Å². The van der Waals surface area contributed by atoms with Crippen LogP contribution in [0.15, 0.2) is 42.7 Å². The molecule has 0 amide bonds. The van der Waals surface area contributed by atoms with Gasteiger partial charge in [-0.1, -0.05) is 12.1 Å². The van der Waals surface area contributed by atoms with Crippen LogP contribution < -0.4 is 9.80 Å². The Labute approximate surface area is 152 Å². The fourth-order valence-electron chi connectivity index (χ4n) is 3.33. The van der Waals surface area contributed by atoms with Gasteiger partial charge in [0.15, 0.2) is 5.82 Å². The summed E-state index contributed by atoms with van der Waals surface area (Å²) in [7, 11) is 0. The molecule has 0 aliphatic carbocycles. The number of para-hydroxylation sites is 2. The molecule has 3 heterocycles. The molecule has 2 atom stereocenters. The monoisotopic (exact) mass is 350 g/mol. The highest BCUT2D eigenvalue weighted by atomic mass is 16.3. The van der Waals surface area contributed by atoms with Gasteiger partial charge in [-0.05, 0) is 32.0 Å². The van der Waals surface area contributed by atoms with E-state index in [0.29, 0.717) is 5.82 Å². The molecule has 0 unspecified atom stereocenters. The topological polar surface area (TPSA) is 78.3 Å². The fourth-order valence-corrected chi connectivity index (χ4v) is 3.33. The lowest BCUT2D eigenvalue weighted by Crippen LogP contribution is -2.52. The minimum atomic E-state index is -0.665. The SMILES string of the molecule is C[C@@H](O)c1nccc(N2CCN(c3cnc4ccccc4n3)[C@@H](C)C2)n1. The molecule has 1 fully saturated rings. The lowest BCUT2D eigenvalue weighted by molar-refractivity contribution is 0.189. The molecule has 2 aromatic heterocycles. The Kier molecular flexibility index (Phi) is 4.38. The van der Waals surface area contributed by atoms with Crippen LogP contribution in [0.25, 0.3) is 11.0 Å². The molecule has 3 aromatic rings. The van der Waals surface area contributed by atoms with Gasteiger partial charge in [0.2, 0.25) is 0 Å². The van der Waals surface area contributed by atoms with Gasteiger partial charge in [0, 0.05) is 31.9 Å². The minimum Gasteiger partial charge on any atom is -0.385 e. The first kappa shape index (κ1) is 16.7. The van der Waals surface area contributed by atoms with Gasteiger partial charge in [-0.15, -0.1) is 0 Å². The molecule has 26 heavy (non-hydrogen) atoms. The summed E-state index contributed by atoms with van der Waals surface area (Å²) in [6.07, 6.45) is 2.89. The van der Waals surface area contributed by atoms with Crippen LogP contribution in [-0.4, -0.2) is 50.7 Å². The van der Waals surface area contributed by atoms with Crippen LogP contribution in [0.4, 0.5) is 11.6 Å². The van der Waals surface area contributed by atoms with Crippen LogP contribution in [0.3, 0.4) is 0 Å². The maximum atomic E-state index is 9.71. The van der Waals surface area contributed by atoms with Crippen molar-refractivity contribution in [2.24, 2.45) is 0 Å². The molecule has 1 aromatic carbocycles. The quantitative estimate of drug-likeness (QED) is 0.776. The van der Waals surface area contributed by atoms with Crippen LogP contribution in [0.2, 0.25) is 0 Å². The maximum absolute atomic E-state index is 9.71. The zero-order valence-electron chi connectivity index (χ0n) is 14.9. The maximum Gasteiger partial charge on any atom is 0.158 e. The van der Waals surface area contributed by atoms with Gasteiger partial charge < -0.3 is 14.9 Å². The standard InChI is InChI=1S/C19H22N6O/c1-13-12-24(17-7-8-20-19(23-17)14(2)26)9-10-25(13)18-11-21-15-5-3-4-6-16(15)22-18/h3-8,11,13-14,26H,9-10,12H2,1-2H3/t13-,14+/m0/s1. The van der Waals surface area contributed by atoms with E-state index in [1.807, 2.05) is 36.5 Å². The lowest BCUT2D eigenvalue weighted by atomic mass is 10.2. The molecule has 1 N–H and O–H groups in total. The molecule has 0 bridgehead atoms. The van der Waals surface area contributed by atoms with Crippen molar-refractivity contribution in [3.05, 3.63) is 48.5 Å². The summed E-state index contributed by atoms with van der Waals surface area (Å²) in [6.45, 7) is 6.35. The van der Waals surface area contributed by atoms with E-state index < -0.39 is 6.10 Å². The summed E-state index contributed by atoms with van der Waals surface area (Å²) in [5.41, 5.74) is 1.83. The molecule has 0 spiro atoms. The van der Waals surface area contributed by atoms with E-state index in [2.05, 4.69) is 31.7 Å². The molecular formula is C19H22N6O. The number of rotatable bonds is 3. The highest BCUT2D eigenvalue weighted by Crippen LogP contribution is 2.23. The van der Waals surface area contributed by atoms with E-state index >= 15 is 0 Å². The summed E-state index contributed by atoms with van der Waals surface area (Å²) in [5, 5.41) is 9.71. The van der Waals surface area contributed by atoms with Crippen molar-refractivity contribution in [2.75, 3.05) is 29.4 Å². The molecule has 7 heteroatoms. The number of aliphatic hydroxyl groups is 1. The van der Waals surface area contributed by atoms with Gasteiger partial charge in [0.1, 0.15) is 17.7 Å². The van der Waals surface area contributed by atoms with Crippen LogP contribution in [0.5, 0.6) is 0 Å². The molecule has 1 aliphatic heterocycles. The Morgan fingerprint density at radius 2 is 1.85 bits per heavy atom. The molecule has 0 saturated carbocycles. The number of piperazine rings is 1. The van der Waals surface area contributed by atoms with E-state index in [4.69, 9.17) is 4.98 Å². The van der Waals surface area contributed by atoms with Crippen molar-refractivity contribution >= 4 is 22.7 Å². The lowest BCUT2D eigenvalue weighted by Gasteiger charge is -2.41. The summed E-state index contributed by atoms with van der Waals surface area (Å²) >= 11 is 0. The Bertz CT molecular complexity index is 915. The van der Waals surface area contributed by atoms with Crippen molar-refractivity contribution < 1.29 is 5.11 Å². The molecule has 1 aliphatic rings. The van der Waals surface area contributed by atoms with Crippen LogP contribution in [-0.2, 0) is 0 Å². The third-order valence-electron chi connectivity index (χ3n) is 4.71. The average Bonchev–Trinajstić information content (AvgIpc) is 2.67. The zero-order valence-corrected chi connectivity index (χ0v) is 14.9. The second kappa shape index (κ2) is 6.84. The van der Waals surface area contributed by atoms with Crippen LogP contribution in [0.1, 0.15) is 25.8 Å². The molecular weight excluding hydrogens is 328 g/mol. The first-order valence-corrected chi connectivity index (χ1v) is 8.86. The normalized spacial score (nSPS) is 19.0. The van der Waals surface area contributed by atoms with E-state index in [9.17, 15) is 5.11 Å². The number of benzene rings is 1. The number of aromatic nitrogens is 4. The van der Waals surface area contributed by atoms with Gasteiger partial charge in [-0.2, -0.15) is 0 Å². The van der Waals surface area contributed by atoms with Gasteiger partial charge in [-0.3, -0.25) is 4.98 Å². The minimum absolute atomic E-state index is 0.268. The number of aliphatic hydroxyl groups excluding tert-OH is 1. The molecule has 7 nitrogen and oxygen atoms in total. The Morgan fingerprint density at radius 3 is 2.62 bits per heavy atom. The molecule has 134 valence electrons. The number of hydrogen-bond donors (Lipinski definition) is 1. The highest BCUT2D eigenvalue weighted by molar-refractivity contribution is 5.75. The van der Waals surface area contributed by atoms with Crippen molar-refractivity contribution in [1.82, 2.24) is 19.9 Å². The third kappa shape index (κ3) is 3.17. The van der Waals surface area contributed by atoms with Crippen LogP contribution >= 0.6 is 0 Å². The van der Waals surface area contributed by atoms with Gasteiger partial charge in [0.05, 0.1) is 17.2 Å².